The van der Waals surface area contributed by atoms with E-state index >= 15 is 9.59 Å². The molecule has 8 nitrogen and oxygen atoms in total. The number of amides is 2. The Bertz CT molecular complexity index is 3330. The molecule has 2 amide bonds. The fourth-order valence-electron chi connectivity index (χ4n) is 14.2. The summed E-state index contributed by atoms with van der Waals surface area (Å²) in [4.78, 5) is 35.3. The molecular weight excluding hydrogens is 1170 g/mol. The van der Waals surface area contributed by atoms with Crippen LogP contribution in [0.5, 0.6) is 0 Å². The fourth-order valence-corrected chi connectivity index (χ4v) is 14.2. The van der Waals surface area contributed by atoms with Crippen LogP contribution in [0.4, 0.5) is 0 Å². The Morgan fingerprint density at radius 3 is 0.427 bits per heavy atom. The summed E-state index contributed by atoms with van der Waals surface area (Å²) in [6.45, 7) is 3.16. The molecule has 96 heavy (non-hydrogen) atoms. The van der Waals surface area contributed by atoms with Gasteiger partial charge in [0.2, 0.25) is 11.8 Å². The summed E-state index contributed by atoms with van der Waals surface area (Å²) < 4.78 is 0. The van der Waals surface area contributed by atoms with Crippen LogP contribution in [0.15, 0.2) is 364 Å². The van der Waals surface area contributed by atoms with Gasteiger partial charge in [0.15, 0.2) is 0 Å². The van der Waals surface area contributed by atoms with E-state index < -0.39 is 22.2 Å². The third-order valence-electron chi connectivity index (χ3n) is 18.8. The molecule has 0 saturated heterocycles. The molecule has 4 N–H and O–H groups in total. The number of carbonyl (C=O) groups is 2. The van der Waals surface area contributed by atoms with Gasteiger partial charge in [-0.3, -0.25) is 30.9 Å². The molecule has 0 aliphatic rings. The summed E-state index contributed by atoms with van der Waals surface area (Å²) in [6.07, 6.45) is 0.00507. The lowest BCUT2D eigenvalue weighted by molar-refractivity contribution is -0.137. The zero-order valence-corrected chi connectivity index (χ0v) is 54.4. The first kappa shape index (κ1) is 65.5. The van der Waals surface area contributed by atoms with E-state index in [9.17, 15) is 0 Å². The van der Waals surface area contributed by atoms with Crippen molar-refractivity contribution in [3.05, 3.63) is 431 Å². The topological polar surface area (TPSA) is 88.7 Å². The maximum absolute atomic E-state index is 15.7. The van der Waals surface area contributed by atoms with Crippen LogP contribution in [-0.4, -0.2) is 74.0 Å². The van der Waals surface area contributed by atoms with Crippen molar-refractivity contribution in [1.82, 2.24) is 31.1 Å². The lowest BCUT2D eigenvalue weighted by Gasteiger charge is -2.39. The van der Waals surface area contributed by atoms with Gasteiger partial charge in [-0.2, -0.15) is 0 Å². The number of nitrogens with zero attached hydrogens (tertiary/aromatic N) is 2. The van der Waals surface area contributed by atoms with Crippen LogP contribution in [0.2, 0.25) is 0 Å². The van der Waals surface area contributed by atoms with Gasteiger partial charge < -0.3 is 9.80 Å². The highest BCUT2D eigenvalue weighted by molar-refractivity contribution is 5.84. The molecule has 0 aliphatic heterocycles. The van der Waals surface area contributed by atoms with E-state index in [-0.39, 0.29) is 24.7 Å². The van der Waals surface area contributed by atoms with Crippen molar-refractivity contribution in [3.8, 4) is 0 Å². The number of hydrogen-bond acceptors (Lipinski definition) is 6. The van der Waals surface area contributed by atoms with Gasteiger partial charge in [0, 0.05) is 65.2 Å². The fraction of sp³-hybridized carbons (Fsp3) is 0.159. The van der Waals surface area contributed by atoms with Gasteiger partial charge in [-0.05, 0) is 66.8 Å². The van der Waals surface area contributed by atoms with E-state index in [1.165, 1.54) is 0 Å². The normalized spacial score (nSPS) is 11.8. The lowest BCUT2D eigenvalue weighted by Crippen LogP contribution is -2.51. The second-order valence-electron chi connectivity index (χ2n) is 24.4. The predicted molar refractivity (Wildman–Crippen MR) is 391 cm³/mol. The standard InChI is InChI=1S/C88H84N6O2/c95-83(93(67-63-89-85(71-37-13-1-14-38-71,72-39-15-2-16-40-72)73-41-17-3-18-42-73)68-64-90-86(74-43-19-4-20-44-74,75-45-21-5-22-46-75)76-47-23-6-24-48-76)61-62-84(96)94(69-65-91-87(77-49-25-7-26-50-77,78-51-27-8-28-52-78)79-53-29-9-30-54-79)70-66-92-88(80-55-31-10-32-56-80,81-57-33-11-34-58-81)82-59-35-12-36-60-82/h1-60,89-92H,61-70H2. The molecule has 0 aromatic heterocycles. The third kappa shape index (κ3) is 14.4. The number of hydrogen-bond donors (Lipinski definition) is 4. The van der Waals surface area contributed by atoms with E-state index in [2.05, 4.69) is 312 Å². The second-order valence-corrected chi connectivity index (χ2v) is 24.4. The van der Waals surface area contributed by atoms with Crippen LogP contribution in [0.3, 0.4) is 0 Å². The molecule has 12 aromatic rings. The summed E-state index contributed by atoms with van der Waals surface area (Å²) >= 11 is 0. The van der Waals surface area contributed by atoms with Gasteiger partial charge in [-0.1, -0.05) is 364 Å². The van der Waals surface area contributed by atoms with Gasteiger partial charge in [-0.25, -0.2) is 0 Å². The van der Waals surface area contributed by atoms with Crippen molar-refractivity contribution in [1.29, 1.82) is 0 Å². The quantitative estimate of drug-likeness (QED) is 0.0324. The Morgan fingerprint density at radius 1 is 0.198 bits per heavy atom. The smallest absolute Gasteiger partial charge is 0.223 e. The van der Waals surface area contributed by atoms with E-state index in [1.54, 1.807) is 0 Å². The summed E-state index contributed by atoms with van der Waals surface area (Å²) in [6, 6.07) is 127. The molecular formula is C88H84N6O2. The summed E-state index contributed by atoms with van der Waals surface area (Å²) in [5.74, 6) is -0.213. The van der Waals surface area contributed by atoms with Crippen LogP contribution < -0.4 is 21.3 Å². The highest BCUT2D eigenvalue weighted by atomic mass is 16.2. The molecule has 0 aliphatic carbocycles. The van der Waals surface area contributed by atoms with Crippen molar-refractivity contribution >= 4 is 11.8 Å². The summed E-state index contributed by atoms with van der Waals surface area (Å²) in [7, 11) is 0. The lowest BCUT2D eigenvalue weighted by atomic mass is 9.77. The number of benzene rings is 12. The number of carbonyl (C=O) groups excluding carboxylic acids is 2. The summed E-state index contributed by atoms with van der Waals surface area (Å²) in [5, 5.41) is 16.3. The summed E-state index contributed by atoms with van der Waals surface area (Å²) in [5.41, 5.74) is 9.90. The molecule has 0 saturated carbocycles. The Balaban J connectivity index is 0.880. The SMILES string of the molecule is O=C(CCC(=O)N(CCNC(c1ccccc1)(c1ccccc1)c1ccccc1)CCNC(c1ccccc1)(c1ccccc1)c1ccccc1)N(CCNC(c1ccccc1)(c1ccccc1)c1ccccc1)CCNC(c1ccccc1)(c1ccccc1)c1ccccc1. The third-order valence-corrected chi connectivity index (χ3v) is 18.8. The van der Waals surface area contributed by atoms with Gasteiger partial charge in [0.25, 0.3) is 0 Å². The second kappa shape index (κ2) is 32.0. The van der Waals surface area contributed by atoms with Crippen molar-refractivity contribution < 1.29 is 9.59 Å². The first-order chi connectivity index (χ1) is 47.4. The molecule has 8 heteroatoms. The number of rotatable bonds is 31. The van der Waals surface area contributed by atoms with Crippen molar-refractivity contribution in [2.45, 2.75) is 35.0 Å². The van der Waals surface area contributed by atoms with Crippen molar-refractivity contribution in [2.24, 2.45) is 0 Å². The van der Waals surface area contributed by atoms with Crippen molar-refractivity contribution in [2.75, 3.05) is 52.4 Å². The largest absolute Gasteiger partial charge is 0.340 e. The van der Waals surface area contributed by atoms with E-state index in [0.717, 1.165) is 66.8 Å². The minimum atomic E-state index is -0.767. The molecule has 12 rings (SSSR count). The maximum atomic E-state index is 15.7. The Kier molecular flexibility index (Phi) is 21.9. The van der Waals surface area contributed by atoms with Gasteiger partial charge in [0.05, 0.1) is 22.2 Å². The zero-order chi connectivity index (χ0) is 65.6. The molecule has 0 atom stereocenters. The molecule has 0 fully saturated rings. The first-order valence-electron chi connectivity index (χ1n) is 33.7. The molecule has 478 valence electrons. The van der Waals surface area contributed by atoms with E-state index in [4.69, 9.17) is 0 Å². The molecule has 12 aromatic carbocycles. The molecule has 0 spiro atoms. The maximum Gasteiger partial charge on any atom is 0.223 e. The Morgan fingerprint density at radius 2 is 0.312 bits per heavy atom. The molecule has 0 radical (unpaired) electrons. The highest BCUT2D eigenvalue weighted by Crippen LogP contribution is 2.41. The van der Waals surface area contributed by atoms with Crippen LogP contribution in [0.25, 0.3) is 0 Å². The average Bonchev–Trinajstić information content (AvgIpc) is 0.800. The molecule has 0 heterocycles. The van der Waals surface area contributed by atoms with Gasteiger partial charge in [0.1, 0.15) is 0 Å². The van der Waals surface area contributed by atoms with Crippen LogP contribution in [-0.2, 0) is 31.7 Å². The minimum Gasteiger partial charge on any atom is -0.340 e. The Labute approximate surface area is 567 Å². The molecule has 0 bridgehead atoms. The minimum absolute atomic E-state index is 0.00253. The van der Waals surface area contributed by atoms with E-state index in [0.29, 0.717) is 52.4 Å². The van der Waals surface area contributed by atoms with Crippen LogP contribution in [0.1, 0.15) is 79.6 Å². The average molecular weight is 1260 g/mol. The first-order valence-corrected chi connectivity index (χ1v) is 33.7. The van der Waals surface area contributed by atoms with E-state index in [1.807, 2.05) is 82.6 Å². The van der Waals surface area contributed by atoms with Crippen LogP contribution in [0, 0.1) is 0 Å². The molecule has 0 unspecified atom stereocenters. The monoisotopic (exact) mass is 1260 g/mol. The van der Waals surface area contributed by atoms with Gasteiger partial charge in [-0.15, -0.1) is 0 Å². The zero-order valence-electron chi connectivity index (χ0n) is 54.4. The predicted octanol–water partition coefficient (Wildman–Crippen LogP) is 15.8. The Hall–Kier alpha value is -10.6. The van der Waals surface area contributed by atoms with Crippen LogP contribution >= 0.6 is 0 Å². The van der Waals surface area contributed by atoms with Gasteiger partial charge >= 0.3 is 0 Å². The number of nitrogens with one attached hydrogen (secondary N) is 4. The highest BCUT2D eigenvalue weighted by Gasteiger charge is 2.40. The van der Waals surface area contributed by atoms with Crippen molar-refractivity contribution in [3.63, 3.8) is 0 Å².